The highest BCUT2D eigenvalue weighted by atomic mass is 16.6. The maximum absolute atomic E-state index is 12.6. The van der Waals surface area contributed by atoms with Crippen molar-refractivity contribution in [2.45, 2.75) is 154 Å². The highest BCUT2D eigenvalue weighted by Crippen LogP contribution is 2.21. The van der Waals surface area contributed by atoms with Crippen molar-refractivity contribution in [3.05, 3.63) is 71.8 Å². The van der Waals surface area contributed by atoms with Crippen LogP contribution in [0.15, 0.2) is 60.7 Å². The van der Waals surface area contributed by atoms with E-state index in [0.717, 1.165) is 56.1 Å². The van der Waals surface area contributed by atoms with E-state index < -0.39 is 59.6 Å². The number of alkyl carbamates (subject to hydrolysis) is 4. The Hall–Kier alpha value is -5.58. The summed E-state index contributed by atoms with van der Waals surface area (Å²) >= 11 is 0. The van der Waals surface area contributed by atoms with Gasteiger partial charge in [0.15, 0.2) is 0 Å². The van der Waals surface area contributed by atoms with E-state index in [1.54, 1.807) is 65.8 Å². The van der Waals surface area contributed by atoms with Crippen LogP contribution < -0.4 is 21.3 Å². The van der Waals surface area contributed by atoms with Crippen molar-refractivity contribution in [1.29, 1.82) is 0 Å². The summed E-state index contributed by atoms with van der Waals surface area (Å²) in [5, 5.41) is 27.5. The molecule has 0 aromatic heterocycles. The number of carboxylic acids is 1. The summed E-state index contributed by atoms with van der Waals surface area (Å²) < 4.78 is 25.8. The van der Waals surface area contributed by atoms with E-state index in [2.05, 4.69) is 21.3 Å². The minimum Gasteiger partial charge on any atom is -0.480 e. The van der Waals surface area contributed by atoms with Gasteiger partial charge >= 0.3 is 36.3 Å². The fourth-order valence-electron chi connectivity index (χ4n) is 5.72. The quantitative estimate of drug-likeness (QED) is 0.0891. The molecule has 340 valence electrons. The average molecular weight is 859 g/mol. The molecule has 2 aromatic rings. The van der Waals surface area contributed by atoms with Gasteiger partial charge in [-0.3, -0.25) is 0 Å². The van der Waals surface area contributed by atoms with E-state index >= 15 is 0 Å². The van der Waals surface area contributed by atoms with Gasteiger partial charge in [0.2, 0.25) is 0 Å². The second-order valence-corrected chi connectivity index (χ2v) is 16.6. The van der Waals surface area contributed by atoms with Crippen molar-refractivity contribution in [2.24, 2.45) is 0 Å². The van der Waals surface area contributed by atoms with Gasteiger partial charge in [-0.2, -0.15) is 0 Å². The van der Waals surface area contributed by atoms with Crippen LogP contribution in [0.5, 0.6) is 0 Å². The molecule has 2 saturated carbocycles. The summed E-state index contributed by atoms with van der Waals surface area (Å²) in [4.78, 5) is 71.1. The molecule has 17 heteroatoms. The second-order valence-electron chi connectivity index (χ2n) is 16.6. The van der Waals surface area contributed by atoms with Crippen molar-refractivity contribution in [3.8, 4) is 0 Å². The lowest BCUT2D eigenvalue weighted by Crippen LogP contribution is -2.50. The Morgan fingerprint density at radius 2 is 0.984 bits per heavy atom. The summed E-state index contributed by atoms with van der Waals surface area (Å²) in [6.45, 7) is 9.84. The lowest BCUT2D eigenvalue weighted by molar-refractivity contribution is -0.152. The minimum absolute atomic E-state index is 0.0124. The minimum atomic E-state index is -1.33. The summed E-state index contributed by atoms with van der Waals surface area (Å²) in [6.07, 6.45) is 7.38. The Balaban J connectivity index is 0.000000368. The lowest BCUT2D eigenvalue weighted by atomic mass is 9.98. The molecule has 0 spiro atoms. The Morgan fingerprint density at radius 1 is 0.590 bits per heavy atom. The molecule has 61 heavy (non-hydrogen) atoms. The van der Waals surface area contributed by atoms with E-state index in [9.17, 15) is 28.8 Å². The number of carbonyl (C=O) groups excluding carboxylic acids is 5. The molecule has 6 N–H and O–H groups in total. The molecule has 0 unspecified atom stereocenters. The standard InChI is InChI=1S/C22H32N2O6.C16H22N2O6.C6H12O/c1-22(2,3)30-20(26)23-14-18(19(25)29-17-12-8-5-9-13-17)24-21(27)28-15-16-10-6-4-7-11-16;1-16(2,3)24-14(21)17-9-12(13(19)20)18-15(22)23-10-11-7-5-4-6-8-11;7-6-4-2-1-3-5-6/h4,6-7,10-11,17-18H,5,8-9,12-15H2,1-3H3,(H,23,26)(H,24,27);4-8,12H,9-10H2,1-3H3,(H,17,21)(H,18,22)(H,19,20);6-7H,1-5H2/t18-;12-;/m11./s1. The van der Waals surface area contributed by atoms with Gasteiger partial charge in [-0.1, -0.05) is 86.3 Å². The normalized spacial score (nSPS) is 15.3. The Labute approximate surface area is 358 Å². The Kier molecular flexibility index (Phi) is 23.1. The number of nitrogens with one attached hydrogen (secondary N) is 4. The van der Waals surface area contributed by atoms with Crippen molar-refractivity contribution in [2.75, 3.05) is 13.1 Å². The molecule has 0 bridgehead atoms. The van der Waals surface area contributed by atoms with Crippen LogP contribution >= 0.6 is 0 Å². The molecule has 0 radical (unpaired) electrons. The molecule has 2 aromatic carbocycles. The fraction of sp³-hybridized carbons (Fsp3) is 0.591. The third kappa shape index (κ3) is 25.6. The summed E-state index contributed by atoms with van der Waals surface area (Å²) in [7, 11) is 0. The molecular weight excluding hydrogens is 792 g/mol. The van der Waals surface area contributed by atoms with Gasteiger partial charge in [0.05, 0.1) is 19.2 Å². The summed E-state index contributed by atoms with van der Waals surface area (Å²) in [5.74, 6) is -1.91. The number of benzene rings is 2. The van der Waals surface area contributed by atoms with Gasteiger partial charge in [-0.05, 0) is 91.2 Å². The molecule has 0 aliphatic heterocycles. The lowest BCUT2D eigenvalue weighted by Gasteiger charge is -2.25. The van der Waals surface area contributed by atoms with E-state index in [1.807, 2.05) is 36.4 Å². The van der Waals surface area contributed by atoms with Crippen LogP contribution in [0.4, 0.5) is 19.2 Å². The van der Waals surface area contributed by atoms with Gasteiger partial charge in [0.25, 0.3) is 0 Å². The van der Waals surface area contributed by atoms with Crippen LogP contribution in [-0.4, -0.2) is 95.1 Å². The molecule has 0 heterocycles. The zero-order valence-corrected chi connectivity index (χ0v) is 36.4. The van der Waals surface area contributed by atoms with Crippen molar-refractivity contribution < 1.29 is 62.7 Å². The molecule has 4 amide bonds. The van der Waals surface area contributed by atoms with E-state index in [4.69, 9.17) is 33.9 Å². The first kappa shape index (κ1) is 51.6. The topological polar surface area (TPSA) is 237 Å². The van der Waals surface area contributed by atoms with Crippen LogP contribution in [0.3, 0.4) is 0 Å². The third-order valence-corrected chi connectivity index (χ3v) is 8.70. The third-order valence-electron chi connectivity index (χ3n) is 8.70. The number of aliphatic hydroxyl groups excluding tert-OH is 1. The smallest absolute Gasteiger partial charge is 0.408 e. The van der Waals surface area contributed by atoms with Gasteiger partial charge < -0.3 is 55.2 Å². The number of hydrogen-bond donors (Lipinski definition) is 6. The number of aliphatic carboxylic acids is 1. The number of aliphatic hydroxyl groups is 1. The monoisotopic (exact) mass is 858 g/mol. The molecule has 4 rings (SSSR count). The van der Waals surface area contributed by atoms with Crippen LogP contribution in [0.2, 0.25) is 0 Å². The number of esters is 1. The molecule has 0 saturated heterocycles. The van der Waals surface area contributed by atoms with Crippen LogP contribution in [0, 0.1) is 0 Å². The average Bonchev–Trinajstić information content (AvgIpc) is 3.20. The predicted octanol–water partition coefficient (Wildman–Crippen LogP) is 6.88. The first-order valence-electron chi connectivity index (χ1n) is 20.8. The molecule has 17 nitrogen and oxygen atoms in total. The first-order chi connectivity index (χ1) is 28.8. The zero-order chi connectivity index (χ0) is 45.3. The number of ether oxygens (including phenoxy) is 5. The molecular formula is C44H66N4O13. The number of hydrogen-bond acceptors (Lipinski definition) is 12. The largest absolute Gasteiger partial charge is 0.480 e. The second kappa shape index (κ2) is 27.3. The maximum Gasteiger partial charge on any atom is 0.408 e. The van der Waals surface area contributed by atoms with E-state index in [1.165, 1.54) is 19.3 Å². The van der Waals surface area contributed by atoms with Crippen LogP contribution in [-0.2, 0) is 46.5 Å². The van der Waals surface area contributed by atoms with E-state index in [0.29, 0.717) is 0 Å². The van der Waals surface area contributed by atoms with Gasteiger partial charge in [0, 0.05) is 0 Å². The number of carbonyl (C=O) groups is 6. The predicted molar refractivity (Wildman–Crippen MR) is 225 cm³/mol. The molecule has 2 aliphatic rings. The molecule has 2 fully saturated rings. The number of amides is 4. The van der Waals surface area contributed by atoms with Crippen LogP contribution in [0.1, 0.15) is 117 Å². The summed E-state index contributed by atoms with van der Waals surface area (Å²) in [6, 6.07) is 15.7. The fourth-order valence-corrected chi connectivity index (χ4v) is 5.72. The highest BCUT2D eigenvalue weighted by Gasteiger charge is 2.28. The molecule has 2 atom stereocenters. The summed E-state index contributed by atoms with van der Waals surface area (Å²) in [5.41, 5.74) is 0.210. The van der Waals surface area contributed by atoms with E-state index in [-0.39, 0.29) is 38.5 Å². The number of rotatable bonds is 13. The van der Waals surface area contributed by atoms with Crippen LogP contribution in [0.25, 0.3) is 0 Å². The van der Waals surface area contributed by atoms with Crippen molar-refractivity contribution >= 4 is 36.3 Å². The maximum atomic E-state index is 12.6. The molecule has 2 aliphatic carbocycles. The zero-order valence-electron chi connectivity index (χ0n) is 36.4. The number of carboxylic acid groups (broad SMARTS) is 1. The van der Waals surface area contributed by atoms with Crippen molar-refractivity contribution in [3.63, 3.8) is 0 Å². The van der Waals surface area contributed by atoms with Crippen molar-refractivity contribution in [1.82, 2.24) is 21.3 Å². The first-order valence-corrected chi connectivity index (χ1v) is 20.8. The van der Waals surface area contributed by atoms with Gasteiger partial charge in [-0.25, -0.2) is 28.8 Å². The highest BCUT2D eigenvalue weighted by molar-refractivity contribution is 5.82. The Bertz CT molecular complexity index is 1620. The Morgan fingerprint density at radius 3 is 1.36 bits per heavy atom. The van der Waals surface area contributed by atoms with Gasteiger partial charge in [-0.15, -0.1) is 0 Å². The van der Waals surface area contributed by atoms with Gasteiger partial charge in [0.1, 0.15) is 42.6 Å². The SMILES string of the molecule is CC(C)(C)OC(=O)NC[C@@H](NC(=O)OCc1ccccc1)C(=O)O.CC(C)(C)OC(=O)NC[C@@H](NC(=O)OCc1ccccc1)C(=O)OC1CCCCC1.OC1CCCCC1.